The van der Waals surface area contributed by atoms with E-state index in [0.717, 1.165) is 39.8 Å². The quantitative estimate of drug-likeness (QED) is 0.353. The summed E-state index contributed by atoms with van der Waals surface area (Å²) in [5.41, 5.74) is 4.37. The van der Waals surface area contributed by atoms with Crippen LogP contribution in [0.3, 0.4) is 0 Å². The summed E-state index contributed by atoms with van der Waals surface area (Å²) >= 11 is 5.38. The summed E-state index contributed by atoms with van der Waals surface area (Å²) in [4.78, 5) is 0. The van der Waals surface area contributed by atoms with Crippen molar-refractivity contribution in [2.75, 3.05) is 7.11 Å². The Labute approximate surface area is 179 Å². The van der Waals surface area contributed by atoms with Gasteiger partial charge in [-0.3, -0.25) is 5.10 Å². The van der Waals surface area contributed by atoms with Crippen LogP contribution in [0, 0.1) is 18.6 Å². The number of nitrogens with one attached hydrogen (secondary N) is 1. The summed E-state index contributed by atoms with van der Waals surface area (Å²) in [5, 5.41) is 11.8. The van der Waals surface area contributed by atoms with Gasteiger partial charge in [0.25, 0.3) is 0 Å². The van der Waals surface area contributed by atoms with E-state index in [1.165, 1.54) is 0 Å². The number of aromatic amines is 1. The van der Waals surface area contributed by atoms with Crippen LogP contribution in [0.2, 0.25) is 0 Å². The Kier molecular flexibility index (Phi) is 5.67. The summed E-state index contributed by atoms with van der Waals surface area (Å²) < 4.78 is 15.0. The molecule has 4 aromatic rings. The Morgan fingerprint density at radius 3 is 2.73 bits per heavy atom. The molecule has 0 aliphatic heterocycles. The van der Waals surface area contributed by atoms with Gasteiger partial charge in [-0.25, -0.2) is 0 Å². The minimum Gasteiger partial charge on any atom is -0.497 e. The molecule has 0 saturated carbocycles. The fourth-order valence-electron chi connectivity index (χ4n) is 3.36. The van der Waals surface area contributed by atoms with E-state index in [9.17, 15) is 0 Å². The maximum absolute atomic E-state index is 5.49. The van der Waals surface area contributed by atoms with Gasteiger partial charge in [-0.15, -0.1) is 0 Å². The van der Waals surface area contributed by atoms with Gasteiger partial charge in [0, 0.05) is 23.4 Å². The van der Waals surface area contributed by atoms with E-state index in [-0.39, 0.29) is 0 Å². The molecule has 0 unspecified atom stereocenters. The monoisotopic (exact) mass is 421 g/mol. The highest BCUT2D eigenvalue weighted by Crippen LogP contribution is 2.17. The van der Waals surface area contributed by atoms with E-state index in [1.54, 1.807) is 18.0 Å². The van der Waals surface area contributed by atoms with Crippen molar-refractivity contribution in [3.8, 4) is 5.75 Å². The van der Waals surface area contributed by atoms with Gasteiger partial charge in [0.2, 0.25) is 4.77 Å². The molecule has 7 nitrogen and oxygen atoms in total. The Bertz CT molecular complexity index is 1210. The molecule has 0 amide bonds. The molecular weight excluding hydrogens is 398 g/mol. The molecule has 1 N–H and O–H groups in total. The van der Waals surface area contributed by atoms with E-state index >= 15 is 0 Å². The number of methoxy groups -OCH3 is 1. The highest BCUT2D eigenvalue weighted by Gasteiger charge is 2.11. The van der Waals surface area contributed by atoms with Crippen LogP contribution >= 0.6 is 12.2 Å². The molecule has 0 aliphatic rings. The number of aromatic nitrogens is 4. The van der Waals surface area contributed by atoms with Gasteiger partial charge in [0.05, 0.1) is 26.1 Å². The van der Waals surface area contributed by atoms with Gasteiger partial charge in [-0.2, -0.15) is 14.9 Å². The van der Waals surface area contributed by atoms with E-state index in [4.69, 9.17) is 21.4 Å². The van der Waals surface area contributed by atoms with E-state index in [0.29, 0.717) is 17.7 Å². The molecule has 0 spiro atoms. The van der Waals surface area contributed by atoms with Gasteiger partial charge in [0.15, 0.2) is 5.82 Å². The summed E-state index contributed by atoms with van der Waals surface area (Å²) in [6.07, 6.45) is 4.12. The van der Waals surface area contributed by atoms with Crippen LogP contribution < -0.4 is 4.74 Å². The molecule has 30 heavy (non-hydrogen) atoms. The number of furan rings is 1. The fraction of sp³-hybridized carbons (Fsp3) is 0.227. The van der Waals surface area contributed by atoms with Gasteiger partial charge in [-0.05, 0) is 62.0 Å². The van der Waals surface area contributed by atoms with E-state index in [1.807, 2.05) is 42.6 Å². The second-order valence-electron chi connectivity index (χ2n) is 7.02. The number of H-pyrrole nitrogens is 1. The number of hydrogen-bond acceptors (Lipinski definition) is 5. The molecule has 0 atom stereocenters. The van der Waals surface area contributed by atoms with Crippen molar-refractivity contribution in [2.45, 2.75) is 26.8 Å². The SMILES string of the molecule is COc1ccc(Cc2n[nH]c(=S)n2/N=C\c2cc(C)n(Cc3ccco3)c2C)cc1. The van der Waals surface area contributed by atoms with Crippen LogP contribution in [0.1, 0.15) is 34.1 Å². The molecule has 0 bridgehead atoms. The van der Waals surface area contributed by atoms with Crippen LogP contribution in [0.25, 0.3) is 0 Å². The largest absolute Gasteiger partial charge is 0.497 e. The topological polar surface area (TPSA) is 73.3 Å². The second-order valence-corrected chi connectivity index (χ2v) is 7.40. The first-order valence-corrected chi connectivity index (χ1v) is 9.98. The van der Waals surface area contributed by atoms with Crippen molar-refractivity contribution in [1.82, 2.24) is 19.4 Å². The van der Waals surface area contributed by atoms with Crippen molar-refractivity contribution < 1.29 is 9.15 Å². The van der Waals surface area contributed by atoms with Gasteiger partial charge >= 0.3 is 0 Å². The molecule has 0 aliphatic carbocycles. The Balaban J connectivity index is 1.57. The smallest absolute Gasteiger partial charge is 0.216 e. The molecule has 4 rings (SSSR count). The maximum Gasteiger partial charge on any atom is 0.216 e. The Morgan fingerprint density at radius 1 is 1.23 bits per heavy atom. The lowest BCUT2D eigenvalue weighted by Gasteiger charge is -2.07. The van der Waals surface area contributed by atoms with Crippen molar-refractivity contribution in [3.05, 3.63) is 87.6 Å². The van der Waals surface area contributed by atoms with Crippen molar-refractivity contribution in [3.63, 3.8) is 0 Å². The van der Waals surface area contributed by atoms with Gasteiger partial charge < -0.3 is 13.7 Å². The normalized spacial score (nSPS) is 11.4. The minimum absolute atomic E-state index is 0.458. The average molecular weight is 422 g/mol. The predicted octanol–water partition coefficient (Wildman–Crippen LogP) is 4.48. The molecule has 3 aromatic heterocycles. The zero-order valence-electron chi connectivity index (χ0n) is 17.1. The third-order valence-electron chi connectivity index (χ3n) is 5.06. The Hall–Kier alpha value is -3.39. The Morgan fingerprint density at radius 2 is 2.03 bits per heavy atom. The van der Waals surface area contributed by atoms with Crippen LogP contribution in [0.5, 0.6) is 5.75 Å². The van der Waals surface area contributed by atoms with E-state index in [2.05, 4.69) is 39.8 Å². The zero-order valence-corrected chi connectivity index (χ0v) is 17.9. The molecular formula is C22H23N5O2S. The first kappa shape index (κ1) is 19.9. The zero-order chi connectivity index (χ0) is 21.1. The van der Waals surface area contributed by atoms with E-state index < -0.39 is 0 Å². The maximum atomic E-state index is 5.49. The first-order valence-electron chi connectivity index (χ1n) is 9.58. The summed E-state index contributed by atoms with van der Waals surface area (Å²) in [5.74, 6) is 2.48. The molecule has 1 aromatic carbocycles. The first-order chi connectivity index (χ1) is 14.5. The molecule has 0 radical (unpaired) electrons. The van der Waals surface area contributed by atoms with Gasteiger partial charge in [0.1, 0.15) is 11.5 Å². The van der Waals surface area contributed by atoms with Crippen LogP contribution in [-0.4, -0.2) is 32.8 Å². The lowest BCUT2D eigenvalue weighted by atomic mass is 10.1. The summed E-state index contributed by atoms with van der Waals surface area (Å²) in [6.45, 7) is 4.84. The lowest BCUT2D eigenvalue weighted by molar-refractivity contribution is 0.414. The highest BCUT2D eigenvalue weighted by atomic mass is 32.1. The summed E-state index contributed by atoms with van der Waals surface area (Å²) in [7, 11) is 1.65. The minimum atomic E-state index is 0.458. The van der Waals surface area contributed by atoms with Crippen LogP contribution in [-0.2, 0) is 13.0 Å². The standard InChI is InChI=1S/C22H23N5O2S/c1-15-11-18(16(2)26(15)14-20-5-4-10-29-20)13-23-27-21(24-25-22(27)30)12-17-6-8-19(28-3)9-7-17/h4-11,13H,12,14H2,1-3H3,(H,25,30)/b23-13-. The highest BCUT2D eigenvalue weighted by molar-refractivity contribution is 7.71. The third kappa shape index (κ3) is 4.13. The number of hydrogen-bond donors (Lipinski definition) is 1. The summed E-state index contributed by atoms with van der Waals surface area (Å²) in [6, 6.07) is 13.9. The molecule has 0 fully saturated rings. The second kappa shape index (κ2) is 8.54. The fourth-order valence-corrected chi connectivity index (χ4v) is 3.56. The number of ether oxygens (including phenoxy) is 1. The van der Waals surface area contributed by atoms with Gasteiger partial charge in [-0.1, -0.05) is 12.1 Å². The lowest BCUT2D eigenvalue weighted by Crippen LogP contribution is -2.04. The molecule has 3 heterocycles. The van der Waals surface area contributed by atoms with Crippen molar-refractivity contribution in [2.24, 2.45) is 5.10 Å². The van der Waals surface area contributed by atoms with Crippen LogP contribution in [0.15, 0.2) is 58.2 Å². The predicted molar refractivity (Wildman–Crippen MR) is 118 cm³/mol. The van der Waals surface area contributed by atoms with Crippen molar-refractivity contribution in [1.29, 1.82) is 0 Å². The number of aryl methyl sites for hydroxylation is 1. The number of rotatable bonds is 7. The average Bonchev–Trinajstić information content (AvgIpc) is 3.45. The van der Waals surface area contributed by atoms with Crippen LogP contribution in [0.4, 0.5) is 0 Å². The molecule has 154 valence electrons. The molecule has 0 saturated heterocycles. The number of nitrogens with zero attached hydrogens (tertiary/aromatic N) is 4. The number of benzene rings is 1. The van der Waals surface area contributed by atoms with Crippen molar-refractivity contribution >= 4 is 18.4 Å². The third-order valence-corrected chi connectivity index (χ3v) is 5.32. The molecule has 8 heteroatoms.